The van der Waals surface area contributed by atoms with Crippen molar-refractivity contribution in [3.63, 3.8) is 0 Å². The van der Waals surface area contributed by atoms with Crippen LogP contribution in [0.2, 0.25) is 0 Å². The van der Waals surface area contributed by atoms with Crippen molar-refractivity contribution in [1.29, 1.82) is 0 Å². The van der Waals surface area contributed by atoms with Gasteiger partial charge in [-0.05, 0) is 58.8 Å². The van der Waals surface area contributed by atoms with Crippen LogP contribution in [-0.2, 0) is 4.79 Å². The first-order valence-corrected chi connectivity index (χ1v) is 13.5. The van der Waals surface area contributed by atoms with Gasteiger partial charge in [0.1, 0.15) is 0 Å². The number of amides is 1. The normalized spacial score (nSPS) is 11.5. The van der Waals surface area contributed by atoms with E-state index >= 15 is 0 Å². The number of para-hydroxylation sites is 1. The quantitative estimate of drug-likeness (QED) is 0.0913. The molecule has 0 fully saturated rings. The van der Waals surface area contributed by atoms with Crippen LogP contribution in [0.5, 0.6) is 0 Å². The molecule has 7 heteroatoms. The summed E-state index contributed by atoms with van der Waals surface area (Å²) in [5.74, 6) is -0.247. The number of hydrazone groups is 1. The maximum Gasteiger partial charge on any atom is 0.266 e. The van der Waals surface area contributed by atoms with Crippen molar-refractivity contribution in [1.82, 2.24) is 15.0 Å². The fourth-order valence-electron chi connectivity index (χ4n) is 4.65. The summed E-state index contributed by atoms with van der Waals surface area (Å²) >= 11 is 1.20. The van der Waals surface area contributed by atoms with Gasteiger partial charge < -0.3 is 0 Å². The zero-order valence-electron chi connectivity index (χ0n) is 21.2. The molecule has 0 aliphatic rings. The molecule has 190 valence electrons. The monoisotopic (exact) mass is 528 g/mol. The summed E-state index contributed by atoms with van der Waals surface area (Å²) in [6.45, 7) is 1.99. The first-order valence-electron chi connectivity index (χ1n) is 12.5. The van der Waals surface area contributed by atoms with Gasteiger partial charge in [0, 0.05) is 5.56 Å². The van der Waals surface area contributed by atoms with Crippen molar-refractivity contribution in [2.75, 3.05) is 5.75 Å². The zero-order valence-corrected chi connectivity index (χ0v) is 22.0. The van der Waals surface area contributed by atoms with E-state index in [1.54, 1.807) is 22.9 Å². The number of hydrogen-bond donors (Lipinski definition) is 1. The van der Waals surface area contributed by atoms with E-state index in [1.165, 1.54) is 11.8 Å². The fourth-order valence-corrected chi connectivity index (χ4v) is 5.45. The Bertz CT molecular complexity index is 1890. The Morgan fingerprint density at radius 2 is 1.49 bits per heavy atom. The molecule has 0 radical (unpaired) electrons. The molecule has 1 amide bonds. The van der Waals surface area contributed by atoms with Gasteiger partial charge in [0.2, 0.25) is 0 Å². The largest absolute Gasteiger partial charge is 0.272 e. The van der Waals surface area contributed by atoms with Crippen molar-refractivity contribution in [3.05, 3.63) is 125 Å². The molecule has 6 aromatic rings. The van der Waals surface area contributed by atoms with Gasteiger partial charge >= 0.3 is 0 Å². The van der Waals surface area contributed by atoms with E-state index in [4.69, 9.17) is 4.98 Å². The van der Waals surface area contributed by atoms with Gasteiger partial charge in [-0.15, -0.1) is 0 Å². The smallest absolute Gasteiger partial charge is 0.266 e. The van der Waals surface area contributed by atoms with Crippen LogP contribution in [0, 0.1) is 6.92 Å². The molecule has 1 heterocycles. The first kappa shape index (κ1) is 24.6. The van der Waals surface area contributed by atoms with E-state index in [0.29, 0.717) is 21.7 Å². The lowest BCUT2D eigenvalue weighted by Crippen LogP contribution is -2.24. The highest BCUT2D eigenvalue weighted by Crippen LogP contribution is 2.27. The van der Waals surface area contributed by atoms with E-state index in [9.17, 15) is 9.59 Å². The van der Waals surface area contributed by atoms with Gasteiger partial charge in [-0.1, -0.05) is 90.1 Å². The van der Waals surface area contributed by atoms with Gasteiger partial charge in [0.05, 0.1) is 28.6 Å². The summed E-state index contributed by atoms with van der Waals surface area (Å²) in [6.07, 6.45) is 1.70. The van der Waals surface area contributed by atoms with E-state index in [2.05, 4.69) is 40.9 Å². The summed E-state index contributed by atoms with van der Waals surface area (Å²) in [5.41, 5.74) is 5.80. The van der Waals surface area contributed by atoms with Crippen molar-refractivity contribution < 1.29 is 4.79 Å². The molecule has 0 atom stereocenters. The minimum absolute atomic E-state index is 0.0459. The lowest BCUT2D eigenvalue weighted by molar-refractivity contribution is -0.118. The SMILES string of the molecule is Cc1ccc(-n2c(SCC(=O)NN=Cc3c4ccccc4cc4ccccc34)nc3ccccc3c2=O)cc1. The summed E-state index contributed by atoms with van der Waals surface area (Å²) in [6, 6.07) is 33.3. The van der Waals surface area contributed by atoms with Gasteiger partial charge in [0.25, 0.3) is 11.5 Å². The Morgan fingerprint density at radius 3 is 2.18 bits per heavy atom. The Balaban J connectivity index is 1.26. The maximum atomic E-state index is 13.4. The van der Waals surface area contributed by atoms with Crippen molar-refractivity contribution >= 4 is 56.3 Å². The average molecular weight is 529 g/mol. The van der Waals surface area contributed by atoms with E-state index < -0.39 is 0 Å². The van der Waals surface area contributed by atoms with Crippen LogP contribution in [-0.4, -0.2) is 27.4 Å². The molecule has 0 unspecified atom stereocenters. The topological polar surface area (TPSA) is 76.3 Å². The van der Waals surface area contributed by atoms with Crippen molar-refractivity contribution in [2.24, 2.45) is 5.10 Å². The molecule has 5 aromatic carbocycles. The van der Waals surface area contributed by atoms with Crippen LogP contribution in [0.4, 0.5) is 0 Å². The number of rotatable bonds is 6. The Labute approximate surface area is 229 Å². The van der Waals surface area contributed by atoms with Gasteiger partial charge in [-0.3, -0.25) is 14.2 Å². The highest BCUT2D eigenvalue weighted by atomic mass is 32.2. The highest BCUT2D eigenvalue weighted by Gasteiger charge is 2.15. The van der Waals surface area contributed by atoms with E-state index in [0.717, 1.165) is 32.7 Å². The highest BCUT2D eigenvalue weighted by molar-refractivity contribution is 7.99. The summed E-state index contributed by atoms with van der Waals surface area (Å²) in [4.78, 5) is 30.9. The predicted octanol–water partition coefficient (Wildman–Crippen LogP) is 6.24. The molecule has 0 aliphatic heterocycles. The third kappa shape index (κ3) is 4.92. The second-order valence-electron chi connectivity index (χ2n) is 9.20. The second-order valence-corrected chi connectivity index (χ2v) is 10.1. The van der Waals surface area contributed by atoms with Gasteiger partial charge in [-0.25, -0.2) is 10.4 Å². The Morgan fingerprint density at radius 1 is 0.872 bits per heavy atom. The van der Waals surface area contributed by atoms with Crippen LogP contribution in [0.3, 0.4) is 0 Å². The third-order valence-electron chi connectivity index (χ3n) is 6.57. The summed E-state index contributed by atoms with van der Waals surface area (Å²) in [7, 11) is 0. The van der Waals surface area contributed by atoms with Crippen LogP contribution in [0.1, 0.15) is 11.1 Å². The molecular weight excluding hydrogens is 504 g/mol. The number of carbonyl (C=O) groups is 1. The number of benzene rings is 5. The van der Waals surface area contributed by atoms with Crippen molar-refractivity contribution in [2.45, 2.75) is 12.1 Å². The summed E-state index contributed by atoms with van der Waals surface area (Å²) < 4.78 is 1.56. The Hall–Kier alpha value is -4.75. The number of nitrogens with one attached hydrogen (secondary N) is 1. The number of nitrogens with zero attached hydrogens (tertiary/aromatic N) is 3. The molecule has 0 saturated carbocycles. The number of hydrogen-bond acceptors (Lipinski definition) is 5. The molecule has 0 saturated heterocycles. The zero-order chi connectivity index (χ0) is 26.8. The van der Waals surface area contributed by atoms with Crippen LogP contribution >= 0.6 is 11.8 Å². The maximum absolute atomic E-state index is 13.4. The first-order chi connectivity index (χ1) is 19.1. The fraction of sp³-hybridized carbons (Fsp3) is 0.0625. The molecular formula is C32H24N4O2S. The van der Waals surface area contributed by atoms with E-state index in [1.807, 2.05) is 67.6 Å². The molecule has 1 N–H and O–H groups in total. The summed E-state index contributed by atoms with van der Waals surface area (Å²) in [5, 5.41) is 9.59. The second kappa shape index (κ2) is 10.6. The number of aryl methyl sites for hydroxylation is 1. The molecule has 0 bridgehead atoms. The molecule has 39 heavy (non-hydrogen) atoms. The molecule has 6 nitrogen and oxygen atoms in total. The number of thioether (sulfide) groups is 1. The number of carbonyl (C=O) groups excluding carboxylic acids is 1. The minimum atomic E-state index is -0.293. The van der Waals surface area contributed by atoms with Gasteiger partial charge in [-0.2, -0.15) is 5.10 Å². The minimum Gasteiger partial charge on any atom is -0.272 e. The third-order valence-corrected chi connectivity index (χ3v) is 7.50. The number of fused-ring (bicyclic) bond motifs is 3. The van der Waals surface area contributed by atoms with Crippen LogP contribution in [0.15, 0.2) is 118 Å². The Kier molecular flexibility index (Phi) is 6.65. The molecule has 0 aliphatic carbocycles. The number of aromatic nitrogens is 2. The molecule has 1 aromatic heterocycles. The average Bonchev–Trinajstić information content (AvgIpc) is 2.96. The predicted molar refractivity (Wildman–Crippen MR) is 160 cm³/mol. The lowest BCUT2D eigenvalue weighted by atomic mass is 9.97. The molecule has 0 spiro atoms. The standard InChI is InChI=1S/C32H24N4O2S/c1-21-14-16-24(17-15-21)36-31(38)27-12-6-7-13-29(27)34-32(36)39-20-30(37)35-33-19-28-25-10-4-2-8-22(25)18-23-9-3-5-11-26(23)28/h2-19H,20H2,1H3,(H,35,37). The van der Waals surface area contributed by atoms with Crippen LogP contribution < -0.4 is 11.0 Å². The lowest BCUT2D eigenvalue weighted by Gasteiger charge is -2.13. The van der Waals surface area contributed by atoms with E-state index in [-0.39, 0.29) is 17.2 Å². The van der Waals surface area contributed by atoms with Crippen LogP contribution in [0.25, 0.3) is 38.1 Å². The molecule has 6 rings (SSSR count). The van der Waals surface area contributed by atoms with Gasteiger partial charge in [0.15, 0.2) is 5.16 Å². The van der Waals surface area contributed by atoms with Crippen molar-refractivity contribution in [3.8, 4) is 5.69 Å².